The van der Waals surface area contributed by atoms with Crippen molar-refractivity contribution in [3.8, 4) is 0 Å². The Balaban J connectivity index is 2.19. The molecule has 0 fully saturated rings. The van der Waals surface area contributed by atoms with Gasteiger partial charge in [0.25, 0.3) is 5.91 Å². The molecule has 1 aromatic carbocycles. The number of aryl methyl sites for hydroxylation is 1. The normalized spacial score (nSPS) is 10.2. The lowest BCUT2D eigenvalue weighted by Gasteiger charge is -2.06. The number of nitrogens with zero attached hydrogens (tertiary/aromatic N) is 1. The molecule has 0 aliphatic heterocycles. The summed E-state index contributed by atoms with van der Waals surface area (Å²) in [5.74, 6) is 0.230. The minimum Gasteiger partial charge on any atom is -0.307 e. The Morgan fingerprint density at radius 1 is 1.33 bits per heavy atom. The lowest BCUT2D eigenvalue weighted by Crippen LogP contribution is -2.13. The van der Waals surface area contributed by atoms with Crippen molar-refractivity contribution in [3.05, 3.63) is 57.2 Å². The summed E-state index contributed by atoms with van der Waals surface area (Å²) in [6.07, 6.45) is 0. The van der Waals surface area contributed by atoms with Crippen LogP contribution in [0.4, 0.5) is 5.82 Å². The first kappa shape index (κ1) is 13.1. The van der Waals surface area contributed by atoms with Crippen LogP contribution in [-0.2, 0) is 0 Å². The third-order valence-corrected chi connectivity index (χ3v) is 3.48. The highest BCUT2D eigenvalue weighted by Crippen LogP contribution is 2.18. The summed E-state index contributed by atoms with van der Waals surface area (Å²) in [6.45, 7) is 1.93. The van der Waals surface area contributed by atoms with Gasteiger partial charge in [0, 0.05) is 10.0 Å². The van der Waals surface area contributed by atoms with E-state index in [2.05, 4.69) is 26.2 Å². The molecule has 0 radical (unpaired) electrons. The second kappa shape index (κ2) is 5.50. The highest BCUT2D eigenvalue weighted by Gasteiger charge is 2.08. The monoisotopic (exact) mass is 324 g/mol. The van der Waals surface area contributed by atoms with Crippen LogP contribution in [0.3, 0.4) is 0 Å². The number of hydrogen-bond acceptors (Lipinski definition) is 2. The Labute approximate surface area is 118 Å². The molecule has 1 heterocycles. The van der Waals surface area contributed by atoms with E-state index in [1.807, 2.05) is 19.1 Å². The molecule has 1 N–H and O–H groups in total. The average molecular weight is 326 g/mol. The molecule has 0 unspecified atom stereocenters. The number of benzene rings is 1. The van der Waals surface area contributed by atoms with Crippen LogP contribution in [0.1, 0.15) is 15.9 Å². The highest BCUT2D eigenvalue weighted by molar-refractivity contribution is 9.10. The van der Waals surface area contributed by atoms with Crippen LogP contribution in [0.5, 0.6) is 0 Å². The summed E-state index contributed by atoms with van der Waals surface area (Å²) >= 11 is 9.15. The fraction of sp³-hybridized carbons (Fsp3) is 0.0769. The first-order valence-electron chi connectivity index (χ1n) is 5.26. The van der Waals surface area contributed by atoms with E-state index in [1.54, 1.807) is 24.3 Å². The number of anilines is 1. The third-order valence-electron chi connectivity index (χ3n) is 2.38. The van der Waals surface area contributed by atoms with Gasteiger partial charge in [0.1, 0.15) is 11.0 Å². The molecule has 0 atom stereocenters. The number of carbonyl (C=O) groups excluding carboxylic acids is 1. The van der Waals surface area contributed by atoms with E-state index in [9.17, 15) is 4.79 Å². The molecule has 1 aromatic heterocycles. The lowest BCUT2D eigenvalue weighted by molar-refractivity contribution is 0.102. The van der Waals surface area contributed by atoms with Gasteiger partial charge in [-0.2, -0.15) is 0 Å². The van der Waals surface area contributed by atoms with Crippen LogP contribution in [0.25, 0.3) is 0 Å². The standard InChI is InChI=1S/C13H10BrClN2O/c1-8-7-9(5-6-10(8)14)13(18)17-12-4-2-3-11(15)16-12/h2-7H,1H3,(H,16,17,18). The summed E-state index contributed by atoms with van der Waals surface area (Å²) in [5.41, 5.74) is 1.58. The van der Waals surface area contributed by atoms with Crippen LogP contribution in [-0.4, -0.2) is 10.9 Å². The molecule has 2 rings (SSSR count). The number of rotatable bonds is 2. The van der Waals surface area contributed by atoms with E-state index in [-0.39, 0.29) is 5.91 Å². The third kappa shape index (κ3) is 3.09. The van der Waals surface area contributed by atoms with Gasteiger partial charge in [-0.05, 0) is 42.8 Å². The van der Waals surface area contributed by atoms with Crippen LogP contribution >= 0.6 is 27.5 Å². The molecule has 92 valence electrons. The number of carbonyl (C=O) groups is 1. The fourth-order valence-electron chi connectivity index (χ4n) is 1.45. The second-order valence-electron chi connectivity index (χ2n) is 3.76. The van der Waals surface area contributed by atoms with Crippen LogP contribution in [0.15, 0.2) is 40.9 Å². The number of pyridine rings is 1. The molecule has 5 heteroatoms. The predicted molar refractivity (Wildman–Crippen MR) is 76.1 cm³/mol. The van der Waals surface area contributed by atoms with Crippen molar-refractivity contribution in [1.82, 2.24) is 4.98 Å². The molecule has 3 nitrogen and oxygen atoms in total. The van der Waals surface area contributed by atoms with Crippen molar-refractivity contribution >= 4 is 39.3 Å². The van der Waals surface area contributed by atoms with E-state index < -0.39 is 0 Å². The van der Waals surface area contributed by atoms with Crippen molar-refractivity contribution in [1.29, 1.82) is 0 Å². The summed E-state index contributed by atoms with van der Waals surface area (Å²) in [4.78, 5) is 16.0. The van der Waals surface area contributed by atoms with E-state index in [1.165, 1.54) is 0 Å². The quantitative estimate of drug-likeness (QED) is 0.846. The Morgan fingerprint density at radius 3 is 2.78 bits per heavy atom. The molecule has 2 aromatic rings. The van der Waals surface area contributed by atoms with Gasteiger partial charge in [0.05, 0.1) is 0 Å². The SMILES string of the molecule is Cc1cc(C(=O)Nc2cccc(Cl)n2)ccc1Br. The van der Waals surface area contributed by atoms with E-state index in [4.69, 9.17) is 11.6 Å². The van der Waals surface area contributed by atoms with Crippen molar-refractivity contribution in [2.75, 3.05) is 5.32 Å². The maximum atomic E-state index is 12.0. The molecule has 1 amide bonds. The first-order valence-corrected chi connectivity index (χ1v) is 6.43. The smallest absolute Gasteiger partial charge is 0.256 e. The number of amides is 1. The Morgan fingerprint density at radius 2 is 2.11 bits per heavy atom. The van der Waals surface area contributed by atoms with Crippen molar-refractivity contribution in [3.63, 3.8) is 0 Å². The molecule has 0 saturated carbocycles. The Hall–Kier alpha value is -1.39. The fourth-order valence-corrected chi connectivity index (χ4v) is 1.86. The molecule has 0 saturated heterocycles. The summed E-state index contributed by atoms with van der Waals surface area (Å²) < 4.78 is 0.972. The second-order valence-corrected chi connectivity index (χ2v) is 5.01. The molecule has 0 bridgehead atoms. The Kier molecular flexibility index (Phi) is 3.99. The largest absolute Gasteiger partial charge is 0.307 e. The molecule has 18 heavy (non-hydrogen) atoms. The number of halogens is 2. The first-order chi connectivity index (χ1) is 8.56. The lowest BCUT2D eigenvalue weighted by atomic mass is 10.1. The summed E-state index contributed by atoms with van der Waals surface area (Å²) in [5, 5.41) is 3.04. The predicted octanol–water partition coefficient (Wildman–Crippen LogP) is 4.06. The summed E-state index contributed by atoms with van der Waals surface area (Å²) in [6, 6.07) is 10.5. The van der Waals surface area contributed by atoms with Gasteiger partial charge in [-0.1, -0.05) is 33.6 Å². The number of hydrogen-bond donors (Lipinski definition) is 1. The zero-order valence-electron chi connectivity index (χ0n) is 9.58. The van der Waals surface area contributed by atoms with E-state index in [0.29, 0.717) is 16.5 Å². The van der Waals surface area contributed by atoms with Crippen LogP contribution in [0, 0.1) is 6.92 Å². The molecular weight excluding hydrogens is 316 g/mol. The number of aromatic nitrogens is 1. The van der Waals surface area contributed by atoms with Gasteiger partial charge in [-0.25, -0.2) is 4.98 Å². The number of nitrogens with one attached hydrogen (secondary N) is 1. The van der Waals surface area contributed by atoms with Gasteiger partial charge in [-0.15, -0.1) is 0 Å². The highest BCUT2D eigenvalue weighted by atomic mass is 79.9. The van der Waals surface area contributed by atoms with Gasteiger partial charge in [0.2, 0.25) is 0 Å². The Bertz CT molecular complexity index is 601. The van der Waals surface area contributed by atoms with E-state index >= 15 is 0 Å². The molecule has 0 aliphatic carbocycles. The average Bonchev–Trinajstić information content (AvgIpc) is 2.32. The van der Waals surface area contributed by atoms with Crippen molar-refractivity contribution < 1.29 is 4.79 Å². The van der Waals surface area contributed by atoms with Gasteiger partial charge < -0.3 is 5.32 Å². The van der Waals surface area contributed by atoms with Gasteiger partial charge >= 0.3 is 0 Å². The van der Waals surface area contributed by atoms with Crippen LogP contribution in [0.2, 0.25) is 5.15 Å². The minimum absolute atomic E-state index is 0.208. The molecule has 0 spiro atoms. The topological polar surface area (TPSA) is 42.0 Å². The summed E-state index contributed by atoms with van der Waals surface area (Å²) in [7, 11) is 0. The minimum atomic E-state index is -0.208. The molecular formula is C13H10BrClN2O. The van der Waals surface area contributed by atoms with Gasteiger partial charge in [-0.3, -0.25) is 4.79 Å². The van der Waals surface area contributed by atoms with E-state index in [0.717, 1.165) is 10.0 Å². The van der Waals surface area contributed by atoms with Crippen molar-refractivity contribution in [2.45, 2.75) is 6.92 Å². The maximum absolute atomic E-state index is 12.0. The maximum Gasteiger partial charge on any atom is 0.256 e. The zero-order valence-corrected chi connectivity index (χ0v) is 11.9. The van der Waals surface area contributed by atoms with Crippen LogP contribution < -0.4 is 5.32 Å². The molecule has 0 aliphatic rings. The van der Waals surface area contributed by atoms with Crippen molar-refractivity contribution in [2.24, 2.45) is 0 Å². The van der Waals surface area contributed by atoms with Gasteiger partial charge in [0.15, 0.2) is 0 Å². The zero-order chi connectivity index (χ0) is 13.1.